The summed E-state index contributed by atoms with van der Waals surface area (Å²) in [6.07, 6.45) is 1.55. The molecule has 0 atom stereocenters. The molecular formula is C16H19N3O3. The van der Waals surface area contributed by atoms with Crippen LogP contribution in [0.3, 0.4) is 0 Å². The summed E-state index contributed by atoms with van der Waals surface area (Å²) in [6, 6.07) is 7.83. The third kappa shape index (κ3) is 3.55. The Bertz CT molecular complexity index is 622. The van der Waals surface area contributed by atoms with Crippen molar-refractivity contribution >= 4 is 23.3 Å². The summed E-state index contributed by atoms with van der Waals surface area (Å²) in [7, 11) is 1.84. The summed E-state index contributed by atoms with van der Waals surface area (Å²) in [6.45, 7) is 0.988. The van der Waals surface area contributed by atoms with Gasteiger partial charge in [-0.3, -0.25) is 9.59 Å². The first kappa shape index (κ1) is 15.8. The number of carboxylic acids is 1. The zero-order valence-electron chi connectivity index (χ0n) is 12.6. The average molecular weight is 301 g/mol. The number of benzene rings is 1. The lowest BCUT2D eigenvalue weighted by Gasteiger charge is -2.21. The van der Waals surface area contributed by atoms with E-state index >= 15 is 0 Å². The van der Waals surface area contributed by atoms with Crippen LogP contribution in [0.2, 0.25) is 0 Å². The molecule has 0 aliphatic carbocycles. The van der Waals surface area contributed by atoms with Crippen LogP contribution < -0.4 is 9.80 Å². The summed E-state index contributed by atoms with van der Waals surface area (Å²) < 4.78 is 0. The molecule has 2 rings (SSSR count). The maximum absolute atomic E-state index is 12.1. The lowest BCUT2D eigenvalue weighted by molar-refractivity contribution is -0.136. The van der Waals surface area contributed by atoms with Gasteiger partial charge in [0.2, 0.25) is 5.91 Å². The molecule has 1 amide bonds. The molecule has 6 nitrogen and oxygen atoms in total. The van der Waals surface area contributed by atoms with Crippen molar-refractivity contribution < 1.29 is 14.7 Å². The van der Waals surface area contributed by atoms with Gasteiger partial charge in [0.15, 0.2) is 0 Å². The molecule has 0 radical (unpaired) electrons. The Morgan fingerprint density at radius 2 is 2.27 bits per heavy atom. The van der Waals surface area contributed by atoms with E-state index in [0.29, 0.717) is 32.4 Å². The number of rotatable bonds is 7. The number of nitriles is 1. The predicted molar refractivity (Wildman–Crippen MR) is 82.9 cm³/mol. The number of fused-ring (bicyclic) bond motifs is 1. The third-order valence-corrected chi connectivity index (χ3v) is 3.77. The third-order valence-electron chi connectivity index (χ3n) is 3.77. The Labute approximate surface area is 129 Å². The molecule has 0 spiro atoms. The first-order valence-corrected chi connectivity index (χ1v) is 7.26. The van der Waals surface area contributed by atoms with Crippen LogP contribution in [0.25, 0.3) is 0 Å². The zero-order chi connectivity index (χ0) is 16.1. The van der Waals surface area contributed by atoms with E-state index in [-0.39, 0.29) is 12.3 Å². The van der Waals surface area contributed by atoms with E-state index in [4.69, 9.17) is 10.4 Å². The zero-order valence-corrected chi connectivity index (χ0v) is 12.6. The Hall–Kier alpha value is -2.55. The molecule has 1 aliphatic heterocycles. The maximum atomic E-state index is 12.1. The van der Waals surface area contributed by atoms with Gasteiger partial charge in [-0.1, -0.05) is 0 Å². The van der Waals surface area contributed by atoms with E-state index in [1.54, 1.807) is 4.90 Å². The number of aliphatic carboxylic acids is 1. The SMILES string of the molecule is CN(CCC(=O)O)c1ccc2c(c1)CC(=O)N2CCCC#N. The molecule has 0 unspecified atom stereocenters. The van der Waals surface area contributed by atoms with E-state index in [1.807, 2.05) is 30.1 Å². The van der Waals surface area contributed by atoms with Gasteiger partial charge in [0.05, 0.1) is 18.9 Å². The van der Waals surface area contributed by atoms with E-state index < -0.39 is 5.97 Å². The van der Waals surface area contributed by atoms with Gasteiger partial charge in [-0.25, -0.2) is 0 Å². The second-order valence-corrected chi connectivity index (χ2v) is 5.36. The predicted octanol–water partition coefficient (Wildman–Crippen LogP) is 1.79. The molecule has 0 aromatic heterocycles. The van der Waals surface area contributed by atoms with Crippen molar-refractivity contribution in [1.82, 2.24) is 0 Å². The quantitative estimate of drug-likeness (QED) is 0.776. The molecule has 0 saturated carbocycles. The molecule has 116 valence electrons. The van der Waals surface area contributed by atoms with Gasteiger partial charge in [0, 0.05) is 37.9 Å². The summed E-state index contributed by atoms with van der Waals surface area (Å²) >= 11 is 0. The highest BCUT2D eigenvalue weighted by Crippen LogP contribution is 2.32. The second kappa shape index (κ2) is 6.94. The fraction of sp³-hybridized carbons (Fsp3) is 0.438. The van der Waals surface area contributed by atoms with Crippen molar-refractivity contribution in [3.63, 3.8) is 0 Å². The first-order chi connectivity index (χ1) is 10.5. The van der Waals surface area contributed by atoms with Crippen molar-refractivity contribution in [3.05, 3.63) is 23.8 Å². The van der Waals surface area contributed by atoms with Crippen molar-refractivity contribution in [3.8, 4) is 6.07 Å². The lowest BCUT2D eigenvalue weighted by atomic mass is 10.1. The van der Waals surface area contributed by atoms with E-state index in [1.165, 1.54) is 0 Å². The van der Waals surface area contributed by atoms with Crippen molar-refractivity contribution in [1.29, 1.82) is 5.26 Å². The Kier molecular flexibility index (Phi) is 4.99. The monoisotopic (exact) mass is 301 g/mol. The van der Waals surface area contributed by atoms with Crippen LogP contribution in [0.4, 0.5) is 11.4 Å². The van der Waals surface area contributed by atoms with Crippen LogP contribution >= 0.6 is 0 Å². The van der Waals surface area contributed by atoms with Crippen LogP contribution in [0, 0.1) is 11.3 Å². The van der Waals surface area contributed by atoms with Gasteiger partial charge < -0.3 is 14.9 Å². The second-order valence-electron chi connectivity index (χ2n) is 5.36. The Balaban J connectivity index is 2.09. The van der Waals surface area contributed by atoms with Crippen LogP contribution in [0.5, 0.6) is 0 Å². The molecule has 1 aromatic rings. The molecule has 1 N–H and O–H groups in total. The Morgan fingerprint density at radius 1 is 1.50 bits per heavy atom. The minimum Gasteiger partial charge on any atom is -0.481 e. The first-order valence-electron chi connectivity index (χ1n) is 7.26. The van der Waals surface area contributed by atoms with Crippen LogP contribution in [0.1, 0.15) is 24.8 Å². The highest BCUT2D eigenvalue weighted by molar-refractivity contribution is 6.01. The molecule has 0 fully saturated rings. The fourth-order valence-electron chi connectivity index (χ4n) is 2.56. The largest absolute Gasteiger partial charge is 0.481 e. The highest BCUT2D eigenvalue weighted by Gasteiger charge is 2.27. The molecule has 1 aromatic carbocycles. The normalized spacial score (nSPS) is 12.9. The van der Waals surface area contributed by atoms with Crippen LogP contribution in [-0.2, 0) is 16.0 Å². The van der Waals surface area contributed by atoms with Crippen molar-refractivity contribution in [2.45, 2.75) is 25.7 Å². The summed E-state index contributed by atoms with van der Waals surface area (Å²) in [5, 5.41) is 17.3. The highest BCUT2D eigenvalue weighted by atomic mass is 16.4. The van der Waals surface area contributed by atoms with Gasteiger partial charge in [-0.2, -0.15) is 5.26 Å². The van der Waals surface area contributed by atoms with Crippen LogP contribution in [0.15, 0.2) is 18.2 Å². The van der Waals surface area contributed by atoms with Crippen LogP contribution in [-0.4, -0.2) is 37.1 Å². The minimum absolute atomic E-state index is 0.0540. The number of hydrogen-bond acceptors (Lipinski definition) is 4. The van der Waals surface area contributed by atoms with Gasteiger partial charge in [0.1, 0.15) is 0 Å². The lowest BCUT2D eigenvalue weighted by Crippen LogP contribution is -2.27. The van der Waals surface area contributed by atoms with Gasteiger partial charge in [0.25, 0.3) is 0 Å². The molecule has 6 heteroatoms. The smallest absolute Gasteiger partial charge is 0.305 e. The topological polar surface area (TPSA) is 84.6 Å². The van der Waals surface area contributed by atoms with Crippen molar-refractivity contribution in [2.75, 3.05) is 29.9 Å². The minimum atomic E-state index is -0.827. The molecule has 22 heavy (non-hydrogen) atoms. The summed E-state index contributed by atoms with van der Waals surface area (Å²) in [5.41, 5.74) is 2.77. The number of hydrogen-bond donors (Lipinski definition) is 1. The summed E-state index contributed by atoms with van der Waals surface area (Å²) in [5.74, 6) is -0.773. The Morgan fingerprint density at radius 3 is 2.95 bits per heavy atom. The fourth-order valence-corrected chi connectivity index (χ4v) is 2.56. The molecule has 1 aliphatic rings. The standard InChI is InChI=1S/C16H19N3O3/c1-18(9-6-16(21)22)13-4-5-14-12(10-13)11-15(20)19(14)8-3-2-7-17/h4-5,10H,2-3,6,8-9,11H2,1H3,(H,21,22). The molecule has 0 bridgehead atoms. The average Bonchev–Trinajstić information content (AvgIpc) is 2.80. The number of amides is 1. The number of carbonyl (C=O) groups is 2. The number of unbranched alkanes of at least 4 members (excludes halogenated alkanes) is 1. The van der Waals surface area contributed by atoms with E-state index in [0.717, 1.165) is 16.9 Å². The number of nitrogens with zero attached hydrogens (tertiary/aromatic N) is 3. The molecule has 0 saturated heterocycles. The maximum Gasteiger partial charge on any atom is 0.305 e. The summed E-state index contributed by atoms with van der Waals surface area (Å²) in [4.78, 5) is 26.3. The van der Waals surface area contributed by atoms with Gasteiger partial charge >= 0.3 is 5.97 Å². The van der Waals surface area contributed by atoms with E-state index in [9.17, 15) is 9.59 Å². The molecular weight excluding hydrogens is 282 g/mol. The number of carbonyl (C=O) groups excluding carboxylic acids is 1. The number of anilines is 2. The van der Waals surface area contributed by atoms with E-state index in [2.05, 4.69) is 6.07 Å². The van der Waals surface area contributed by atoms with Crippen molar-refractivity contribution in [2.24, 2.45) is 0 Å². The number of carboxylic acid groups (broad SMARTS) is 1. The van der Waals surface area contributed by atoms with Gasteiger partial charge in [-0.15, -0.1) is 0 Å². The molecule has 1 heterocycles. The van der Waals surface area contributed by atoms with Gasteiger partial charge in [-0.05, 0) is 30.2 Å².